The van der Waals surface area contributed by atoms with Gasteiger partial charge in [-0.1, -0.05) is 36.4 Å². The maximum absolute atomic E-state index is 12.3. The minimum atomic E-state index is -4.70. The fourth-order valence-corrected chi connectivity index (χ4v) is 4.58. The van der Waals surface area contributed by atoms with E-state index in [4.69, 9.17) is 11.1 Å². The van der Waals surface area contributed by atoms with Crippen molar-refractivity contribution in [2.24, 2.45) is 5.73 Å². The quantitative estimate of drug-likeness (QED) is 0.175. The number of hydrogen-bond acceptors (Lipinski definition) is 7. The maximum atomic E-state index is 12.3. The van der Waals surface area contributed by atoms with Gasteiger partial charge in [-0.2, -0.15) is 0 Å². The van der Waals surface area contributed by atoms with Gasteiger partial charge in [-0.3, -0.25) is 0 Å². The highest BCUT2D eigenvalue weighted by atomic mass is 32.1. The van der Waals surface area contributed by atoms with E-state index in [2.05, 4.69) is 20.0 Å². The standard InChI is InChI=1S/C26H24F3N5OS/c1-16-13-22-24(33-23(20(14-30)15-31)34-25(22)36-16)32-12-2-3-17-4-6-18(7-5-17)19-8-10-21(11-9-19)35-26(27,28)29/h4-11,13-15,30H,2-3,12,31H2,1H3,(H,32,33,34)/b20-15+,30-14?. The highest BCUT2D eigenvalue weighted by Gasteiger charge is 2.30. The second-order valence-corrected chi connectivity index (χ2v) is 9.27. The molecule has 0 spiro atoms. The van der Waals surface area contributed by atoms with Crippen molar-refractivity contribution in [1.29, 1.82) is 5.41 Å². The topological polar surface area (TPSA) is 96.9 Å². The van der Waals surface area contributed by atoms with Gasteiger partial charge in [0.2, 0.25) is 0 Å². The molecule has 36 heavy (non-hydrogen) atoms. The third-order valence-corrected chi connectivity index (χ3v) is 6.36. The van der Waals surface area contributed by atoms with Gasteiger partial charge in [0, 0.05) is 23.8 Å². The van der Waals surface area contributed by atoms with Crippen molar-refractivity contribution in [2.75, 3.05) is 11.9 Å². The summed E-state index contributed by atoms with van der Waals surface area (Å²) in [6.07, 6.45) is -0.541. The molecule has 6 nitrogen and oxygen atoms in total. The van der Waals surface area contributed by atoms with Gasteiger partial charge in [0.05, 0.1) is 11.0 Å². The Morgan fingerprint density at radius 1 is 1.08 bits per heavy atom. The molecule has 0 fully saturated rings. The number of nitrogens with one attached hydrogen (secondary N) is 2. The number of anilines is 1. The Bertz CT molecular complexity index is 1380. The Kier molecular flexibility index (Phi) is 7.54. The molecule has 4 N–H and O–H groups in total. The Balaban J connectivity index is 1.37. The smallest absolute Gasteiger partial charge is 0.406 e. The molecule has 2 aromatic carbocycles. The van der Waals surface area contributed by atoms with Crippen LogP contribution in [0.15, 0.2) is 60.8 Å². The maximum Gasteiger partial charge on any atom is 0.573 e. The highest BCUT2D eigenvalue weighted by molar-refractivity contribution is 7.18. The highest BCUT2D eigenvalue weighted by Crippen LogP contribution is 2.30. The number of aromatic nitrogens is 2. The number of benzene rings is 2. The number of hydrogen-bond donors (Lipinski definition) is 3. The summed E-state index contributed by atoms with van der Waals surface area (Å²) in [5, 5.41) is 11.9. The molecule has 0 aliphatic carbocycles. The van der Waals surface area contributed by atoms with Crippen molar-refractivity contribution in [2.45, 2.75) is 26.1 Å². The second-order valence-electron chi connectivity index (χ2n) is 8.04. The van der Waals surface area contributed by atoms with Crippen molar-refractivity contribution in [3.8, 4) is 16.9 Å². The molecular weight excluding hydrogens is 487 g/mol. The van der Waals surface area contributed by atoms with Crippen LogP contribution in [0.5, 0.6) is 5.75 Å². The van der Waals surface area contributed by atoms with Gasteiger partial charge in [-0.25, -0.2) is 9.97 Å². The summed E-state index contributed by atoms with van der Waals surface area (Å²) < 4.78 is 40.9. The van der Waals surface area contributed by atoms with E-state index in [0.717, 1.165) is 50.8 Å². The summed E-state index contributed by atoms with van der Waals surface area (Å²) >= 11 is 1.57. The predicted octanol–water partition coefficient (Wildman–Crippen LogP) is 6.56. The van der Waals surface area contributed by atoms with Gasteiger partial charge in [-0.15, -0.1) is 24.5 Å². The number of fused-ring (bicyclic) bond motifs is 1. The Labute approximate surface area is 210 Å². The van der Waals surface area contributed by atoms with E-state index in [-0.39, 0.29) is 5.75 Å². The number of thiophene rings is 1. The summed E-state index contributed by atoms with van der Waals surface area (Å²) in [5.41, 5.74) is 8.94. The van der Waals surface area contributed by atoms with Crippen LogP contribution in [-0.4, -0.2) is 29.1 Å². The van der Waals surface area contributed by atoms with Gasteiger partial charge in [0.25, 0.3) is 0 Å². The van der Waals surface area contributed by atoms with Crippen molar-refractivity contribution < 1.29 is 17.9 Å². The first-order valence-corrected chi connectivity index (χ1v) is 12.0. The first kappa shape index (κ1) is 25.2. The summed E-state index contributed by atoms with van der Waals surface area (Å²) in [5.74, 6) is 0.890. The van der Waals surface area contributed by atoms with Crippen LogP contribution in [0.25, 0.3) is 26.9 Å². The molecule has 4 rings (SSSR count). The zero-order valence-corrected chi connectivity index (χ0v) is 20.2. The van der Waals surface area contributed by atoms with Gasteiger partial charge in [-0.05, 0) is 54.7 Å². The van der Waals surface area contributed by atoms with E-state index in [1.54, 1.807) is 23.5 Å². The molecule has 0 saturated carbocycles. The molecule has 2 heterocycles. The fraction of sp³-hybridized carbons (Fsp3) is 0.192. The Morgan fingerprint density at radius 2 is 1.75 bits per heavy atom. The van der Waals surface area contributed by atoms with E-state index >= 15 is 0 Å². The number of nitrogens with two attached hydrogens (primary N) is 1. The van der Waals surface area contributed by atoms with Crippen LogP contribution in [0.4, 0.5) is 19.0 Å². The molecule has 2 aromatic heterocycles. The van der Waals surface area contributed by atoms with Gasteiger partial charge < -0.3 is 21.2 Å². The largest absolute Gasteiger partial charge is 0.573 e. The third-order valence-electron chi connectivity index (χ3n) is 5.42. The number of ether oxygens (including phenoxy) is 1. The lowest BCUT2D eigenvalue weighted by molar-refractivity contribution is -0.274. The van der Waals surface area contributed by atoms with Crippen LogP contribution in [0.3, 0.4) is 0 Å². The van der Waals surface area contributed by atoms with Gasteiger partial charge in [0.1, 0.15) is 16.4 Å². The van der Waals surface area contributed by atoms with E-state index in [9.17, 15) is 13.2 Å². The van der Waals surface area contributed by atoms with Crippen molar-refractivity contribution in [1.82, 2.24) is 9.97 Å². The minimum Gasteiger partial charge on any atom is -0.406 e. The molecule has 0 aliphatic heterocycles. The molecule has 4 aromatic rings. The first-order chi connectivity index (χ1) is 17.3. The Morgan fingerprint density at radius 3 is 2.36 bits per heavy atom. The minimum absolute atomic E-state index is 0.242. The number of nitrogens with zero attached hydrogens (tertiary/aromatic N) is 2. The van der Waals surface area contributed by atoms with Crippen LogP contribution in [-0.2, 0) is 6.42 Å². The van der Waals surface area contributed by atoms with Crippen LogP contribution >= 0.6 is 11.3 Å². The molecule has 0 atom stereocenters. The number of aryl methyl sites for hydroxylation is 2. The fourth-order valence-electron chi connectivity index (χ4n) is 3.71. The molecule has 0 aliphatic rings. The lowest BCUT2D eigenvalue weighted by Crippen LogP contribution is -2.16. The average molecular weight is 512 g/mol. The lowest BCUT2D eigenvalue weighted by atomic mass is 10.0. The Hall–Kier alpha value is -3.92. The first-order valence-electron chi connectivity index (χ1n) is 11.2. The van der Waals surface area contributed by atoms with Gasteiger partial charge >= 0.3 is 6.36 Å². The molecular formula is C26H24F3N5OS. The molecule has 0 saturated heterocycles. The number of rotatable bonds is 9. The van der Waals surface area contributed by atoms with E-state index in [1.807, 2.05) is 37.3 Å². The summed E-state index contributed by atoms with van der Waals surface area (Å²) in [4.78, 5) is 11.1. The van der Waals surface area contributed by atoms with Crippen LogP contribution < -0.4 is 15.8 Å². The van der Waals surface area contributed by atoms with Crippen LogP contribution in [0, 0.1) is 12.3 Å². The van der Waals surface area contributed by atoms with E-state index in [1.165, 1.54) is 18.3 Å². The summed E-state index contributed by atoms with van der Waals surface area (Å²) in [6, 6.07) is 15.8. The molecule has 186 valence electrons. The molecule has 0 unspecified atom stereocenters. The van der Waals surface area contributed by atoms with Crippen molar-refractivity contribution in [3.05, 3.63) is 77.1 Å². The number of alkyl halides is 3. The zero-order chi connectivity index (χ0) is 25.7. The summed E-state index contributed by atoms with van der Waals surface area (Å²) in [7, 11) is 0. The molecule has 0 bridgehead atoms. The molecule has 10 heteroatoms. The second kappa shape index (κ2) is 10.8. The average Bonchev–Trinajstić information content (AvgIpc) is 3.23. The van der Waals surface area contributed by atoms with Crippen LogP contribution in [0.1, 0.15) is 22.7 Å². The zero-order valence-electron chi connectivity index (χ0n) is 19.4. The summed E-state index contributed by atoms with van der Waals surface area (Å²) in [6.45, 7) is 2.70. The normalized spacial score (nSPS) is 12.1. The lowest BCUT2D eigenvalue weighted by Gasteiger charge is -2.10. The van der Waals surface area contributed by atoms with Crippen LogP contribution in [0.2, 0.25) is 0 Å². The van der Waals surface area contributed by atoms with E-state index < -0.39 is 6.36 Å². The third kappa shape index (κ3) is 6.19. The van der Waals surface area contributed by atoms with Gasteiger partial charge in [0.15, 0.2) is 5.82 Å². The number of allylic oxidation sites excluding steroid dienone is 1. The molecule has 0 amide bonds. The monoisotopic (exact) mass is 511 g/mol. The van der Waals surface area contributed by atoms with Crippen molar-refractivity contribution in [3.63, 3.8) is 0 Å². The number of halogens is 3. The van der Waals surface area contributed by atoms with Crippen molar-refractivity contribution >= 4 is 39.2 Å². The molecule has 0 radical (unpaired) electrons. The predicted molar refractivity (Wildman–Crippen MR) is 138 cm³/mol. The van der Waals surface area contributed by atoms with E-state index in [0.29, 0.717) is 23.8 Å². The SMILES string of the molecule is Cc1cc2c(NCCCc3ccc(-c4ccc(OC(F)(F)F)cc4)cc3)nc(/C(C=N)=C/N)nc2s1.